The number of amides is 2. The SMILES string of the molecule is CC1C(=O)N(C)c2ccc(N3C(=O)CCC3c3ccc(F)cc3)nc2N1C1CC1. The number of halogens is 1. The molecule has 0 bridgehead atoms. The van der Waals surface area contributed by atoms with Crippen LogP contribution in [0.5, 0.6) is 0 Å². The first-order valence-corrected chi connectivity index (χ1v) is 10.1. The zero-order valence-electron chi connectivity index (χ0n) is 16.5. The minimum Gasteiger partial charge on any atom is -0.340 e. The molecule has 2 unspecified atom stereocenters. The minimum atomic E-state index is -0.293. The zero-order valence-corrected chi connectivity index (χ0v) is 16.5. The van der Waals surface area contributed by atoms with Crippen LogP contribution >= 0.6 is 0 Å². The van der Waals surface area contributed by atoms with Crippen LogP contribution in [-0.4, -0.2) is 35.9 Å². The first-order chi connectivity index (χ1) is 14.0. The van der Waals surface area contributed by atoms with Gasteiger partial charge in [0.2, 0.25) is 11.8 Å². The highest BCUT2D eigenvalue weighted by Gasteiger charge is 2.43. The van der Waals surface area contributed by atoms with E-state index >= 15 is 0 Å². The van der Waals surface area contributed by atoms with Gasteiger partial charge in [0.1, 0.15) is 17.7 Å². The first kappa shape index (κ1) is 18.1. The summed E-state index contributed by atoms with van der Waals surface area (Å²) < 4.78 is 13.4. The molecule has 1 saturated carbocycles. The lowest BCUT2D eigenvalue weighted by Gasteiger charge is -2.40. The highest BCUT2D eigenvalue weighted by Crippen LogP contribution is 2.44. The average molecular weight is 394 g/mol. The number of carbonyl (C=O) groups excluding carboxylic acids is 2. The van der Waals surface area contributed by atoms with Crippen molar-refractivity contribution in [3.63, 3.8) is 0 Å². The van der Waals surface area contributed by atoms with Gasteiger partial charge in [0, 0.05) is 19.5 Å². The molecular formula is C22H23FN4O2. The summed E-state index contributed by atoms with van der Waals surface area (Å²) in [6, 6.07) is 9.89. The number of anilines is 3. The number of likely N-dealkylation sites (N-methyl/N-ethyl adjacent to an activating group) is 1. The van der Waals surface area contributed by atoms with Crippen molar-refractivity contribution in [1.29, 1.82) is 0 Å². The molecule has 7 heteroatoms. The number of carbonyl (C=O) groups is 2. The van der Waals surface area contributed by atoms with Gasteiger partial charge in [0.15, 0.2) is 5.82 Å². The lowest BCUT2D eigenvalue weighted by molar-refractivity contribution is -0.119. The van der Waals surface area contributed by atoms with Crippen molar-refractivity contribution < 1.29 is 14.0 Å². The Morgan fingerprint density at radius 2 is 1.76 bits per heavy atom. The smallest absolute Gasteiger partial charge is 0.249 e. The van der Waals surface area contributed by atoms with Gasteiger partial charge in [0.05, 0.1) is 11.7 Å². The standard InChI is InChI=1S/C22H23FN4O2/c1-13-22(29)25(2)18-9-11-19(24-21(18)26(13)16-7-8-16)27-17(10-12-20(27)28)14-3-5-15(23)6-4-14/h3-6,9,11,13,16-17H,7-8,10,12H2,1-2H3. The van der Waals surface area contributed by atoms with Crippen LogP contribution in [0.1, 0.15) is 44.2 Å². The maximum absolute atomic E-state index is 13.4. The van der Waals surface area contributed by atoms with Gasteiger partial charge in [-0.1, -0.05) is 12.1 Å². The molecule has 1 aromatic heterocycles. The predicted octanol–water partition coefficient (Wildman–Crippen LogP) is 3.42. The molecule has 1 saturated heterocycles. The van der Waals surface area contributed by atoms with Gasteiger partial charge in [-0.05, 0) is 56.0 Å². The van der Waals surface area contributed by atoms with Crippen LogP contribution in [0, 0.1) is 5.82 Å². The van der Waals surface area contributed by atoms with Crippen LogP contribution in [0.25, 0.3) is 0 Å². The number of benzene rings is 1. The van der Waals surface area contributed by atoms with Crippen LogP contribution < -0.4 is 14.7 Å². The number of pyridine rings is 1. The van der Waals surface area contributed by atoms with E-state index in [0.717, 1.165) is 29.9 Å². The molecule has 3 heterocycles. The normalized spacial score (nSPS) is 24.3. The summed E-state index contributed by atoms with van der Waals surface area (Å²) in [4.78, 5) is 35.7. The molecule has 1 aliphatic carbocycles. The third kappa shape index (κ3) is 2.87. The molecule has 2 atom stereocenters. The molecule has 2 amide bonds. The van der Waals surface area contributed by atoms with Gasteiger partial charge in [-0.2, -0.15) is 0 Å². The van der Waals surface area contributed by atoms with E-state index in [1.807, 2.05) is 19.1 Å². The van der Waals surface area contributed by atoms with E-state index in [0.29, 0.717) is 24.7 Å². The summed E-state index contributed by atoms with van der Waals surface area (Å²) in [7, 11) is 1.77. The molecule has 0 radical (unpaired) electrons. The van der Waals surface area contributed by atoms with E-state index in [4.69, 9.17) is 4.98 Å². The van der Waals surface area contributed by atoms with Crippen molar-refractivity contribution in [3.05, 3.63) is 47.8 Å². The zero-order chi connectivity index (χ0) is 20.3. The number of rotatable bonds is 3. The molecule has 2 fully saturated rings. The fourth-order valence-corrected chi connectivity index (χ4v) is 4.53. The van der Waals surface area contributed by atoms with Crippen molar-refractivity contribution in [2.45, 2.75) is 50.7 Å². The second kappa shape index (κ2) is 6.54. The maximum atomic E-state index is 13.4. The molecule has 6 nitrogen and oxygen atoms in total. The highest BCUT2D eigenvalue weighted by atomic mass is 19.1. The number of aromatic nitrogens is 1. The number of fused-ring (bicyclic) bond motifs is 1. The fourth-order valence-electron chi connectivity index (χ4n) is 4.53. The second-order valence-corrected chi connectivity index (χ2v) is 8.09. The maximum Gasteiger partial charge on any atom is 0.249 e. The van der Waals surface area contributed by atoms with Crippen molar-refractivity contribution in [3.8, 4) is 0 Å². The Labute approximate surface area is 168 Å². The second-order valence-electron chi connectivity index (χ2n) is 8.09. The Balaban J connectivity index is 1.57. The monoisotopic (exact) mass is 394 g/mol. The predicted molar refractivity (Wildman–Crippen MR) is 108 cm³/mol. The molecule has 0 spiro atoms. The van der Waals surface area contributed by atoms with Crippen LogP contribution in [0.3, 0.4) is 0 Å². The molecule has 0 N–H and O–H groups in total. The first-order valence-electron chi connectivity index (χ1n) is 10.1. The molecular weight excluding hydrogens is 371 g/mol. The molecule has 3 aliphatic rings. The Bertz CT molecular complexity index is 989. The van der Waals surface area contributed by atoms with Crippen LogP contribution in [0.15, 0.2) is 36.4 Å². The minimum absolute atomic E-state index is 0.0121. The van der Waals surface area contributed by atoms with Crippen molar-refractivity contribution in [2.75, 3.05) is 21.7 Å². The highest BCUT2D eigenvalue weighted by molar-refractivity contribution is 6.05. The van der Waals surface area contributed by atoms with Gasteiger partial charge in [-0.25, -0.2) is 9.37 Å². The lowest BCUT2D eigenvalue weighted by atomic mass is 10.0. The average Bonchev–Trinajstić information content (AvgIpc) is 3.48. The molecule has 29 heavy (non-hydrogen) atoms. The van der Waals surface area contributed by atoms with Gasteiger partial charge in [-0.15, -0.1) is 0 Å². The Morgan fingerprint density at radius 3 is 2.45 bits per heavy atom. The Kier molecular flexibility index (Phi) is 4.08. The van der Waals surface area contributed by atoms with Crippen LogP contribution in [-0.2, 0) is 9.59 Å². The molecule has 2 aromatic rings. The van der Waals surface area contributed by atoms with Crippen molar-refractivity contribution >= 4 is 29.1 Å². The third-order valence-corrected chi connectivity index (χ3v) is 6.20. The number of nitrogens with zero attached hydrogens (tertiary/aromatic N) is 4. The lowest BCUT2D eigenvalue weighted by Crippen LogP contribution is -2.52. The fraction of sp³-hybridized carbons (Fsp3) is 0.409. The van der Waals surface area contributed by atoms with E-state index in [1.54, 1.807) is 29.0 Å². The summed E-state index contributed by atoms with van der Waals surface area (Å²) in [5.41, 5.74) is 1.67. The van der Waals surface area contributed by atoms with E-state index in [-0.39, 0.29) is 29.7 Å². The van der Waals surface area contributed by atoms with E-state index in [2.05, 4.69) is 4.90 Å². The molecule has 2 aliphatic heterocycles. The summed E-state index contributed by atoms with van der Waals surface area (Å²) in [6.45, 7) is 1.91. The van der Waals surface area contributed by atoms with Crippen LogP contribution in [0.4, 0.5) is 21.7 Å². The Morgan fingerprint density at radius 1 is 1.03 bits per heavy atom. The van der Waals surface area contributed by atoms with Gasteiger partial charge in [-0.3, -0.25) is 14.5 Å². The molecule has 1 aromatic carbocycles. The summed E-state index contributed by atoms with van der Waals surface area (Å²) >= 11 is 0. The third-order valence-electron chi connectivity index (χ3n) is 6.20. The number of hydrogen-bond donors (Lipinski definition) is 0. The summed E-state index contributed by atoms with van der Waals surface area (Å²) in [5, 5.41) is 0. The van der Waals surface area contributed by atoms with E-state index in [1.165, 1.54) is 12.1 Å². The molecule has 5 rings (SSSR count). The topological polar surface area (TPSA) is 56.8 Å². The van der Waals surface area contributed by atoms with Gasteiger partial charge < -0.3 is 9.80 Å². The largest absolute Gasteiger partial charge is 0.340 e. The van der Waals surface area contributed by atoms with Crippen molar-refractivity contribution in [1.82, 2.24) is 4.98 Å². The summed E-state index contributed by atoms with van der Waals surface area (Å²) in [6.07, 6.45) is 3.20. The van der Waals surface area contributed by atoms with E-state index < -0.39 is 0 Å². The quantitative estimate of drug-likeness (QED) is 0.801. The van der Waals surface area contributed by atoms with Gasteiger partial charge in [0.25, 0.3) is 0 Å². The molecule has 150 valence electrons. The van der Waals surface area contributed by atoms with Crippen LogP contribution in [0.2, 0.25) is 0 Å². The summed E-state index contributed by atoms with van der Waals surface area (Å²) in [5.74, 6) is 1.12. The van der Waals surface area contributed by atoms with E-state index in [9.17, 15) is 14.0 Å². The van der Waals surface area contributed by atoms with Crippen molar-refractivity contribution in [2.24, 2.45) is 0 Å². The number of hydrogen-bond acceptors (Lipinski definition) is 4. The van der Waals surface area contributed by atoms with Gasteiger partial charge >= 0.3 is 0 Å². The Hall–Kier alpha value is -2.96.